The molecule has 0 aliphatic carbocycles. The van der Waals surface area contributed by atoms with Gasteiger partial charge in [-0.25, -0.2) is 4.39 Å². The molecule has 0 bridgehead atoms. The van der Waals surface area contributed by atoms with E-state index < -0.39 is 17.7 Å². The van der Waals surface area contributed by atoms with Crippen LogP contribution in [0.3, 0.4) is 0 Å². The standard InChI is InChI=1S/C16H19FN2O4S/c1-9(2)15-13(8-19(23)24-15)10-5-11(7-12(17)6-10)16(22)18-4-3-14(20)21/h5-7,9,13,15H,3-4,8H2,1-2H3,(H-,18,20,21,22)/p+1. The van der Waals surface area contributed by atoms with E-state index in [4.69, 9.17) is 5.11 Å². The van der Waals surface area contributed by atoms with Crippen LogP contribution in [0, 0.1) is 16.6 Å². The number of amides is 1. The average Bonchev–Trinajstić information content (AvgIpc) is 2.88. The predicted octanol–water partition coefficient (Wildman–Crippen LogP) is 2.58. The number of rotatable bonds is 6. The highest BCUT2D eigenvalue weighted by atomic mass is 32.2. The summed E-state index contributed by atoms with van der Waals surface area (Å²) in [6.07, 6.45) is -0.201. The molecule has 0 radical (unpaired) electrons. The van der Waals surface area contributed by atoms with E-state index in [-0.39, 0.29) is 42.2 Å². The highest BCUT2D eigenvalue weighted by Crippen LogP contribution is 2.41. The van der Waals surface area contributed by atoms with Crippen molar-refractivity contribution in [2.24, 2.45) is 5.92 Å². The van der Waals surface area contributed by atoms with Crippen LogP contribution in [0.15, 0.2) is 18.2 Å². The second-order valence-electron chi connectivity index (χ2n) is 6.11. The van der Waals surface area contributed by atoms with Crippen LogP contribution in [0.2, 0.25) is 0 Å². The van der Waals surface area contributed by atoms with Crippen molar-refractivity contribution in [3.63, 3.8) is 0 Å². The number of hydrogen-bond acceptors (Lipinski definition) is 4. The zero-order valence-corrected chi connectivity index (χ0v) is 14.3. The van der Waals surface area contributed by atoms with Crippen LogP contribution in [0.5, 0.6) is 0 Å². The maximum Gasteiger partial charge on any atom is 0.305 e. The Morgan fingerprint density at radius 3 is 2.75 bits per heavy atom. The van der Waals surface area contributed by atoms with Crippen LogP contribution in [0.1, 0.15) is 42.1 Å². The summed E-state index contributed by atoms with van der Waals surface area (Å²) in [5, 5.41) is 11.1. The third-order valence-corrected chi connectivity index (χ3v) is 5.37. The Hall–Kier alpha value is -1.96. The first-order chi connectivity index (χ1) is 11.3. The number of nitrogens with one attached hydrogen (secondary N) is 1. The maximum atomic E-state index is 13.9. The van der Waals surface area contributed by atoms with Crippen molar-refractivity contribution in [2.45, 2.75) is 31.4 Å². The number of carboxylic acids is 1. The van der Waals surface area contributed by atoms with Gasteiger partial charge in [-0.15, -0.1) is 0 Å². The number of nitrogens with zero attached hydrogens (tertiary/aromatic N) is 1. The molecule has 1 aliphatic rings. The fourth-order valence-electron chi connectivity index (χ4n) is 2.74. The minimum Gasteiger partial charge on any atom is -0.481 e. The van der Waals surface area contributed by atoms with Crippen molar-refractivity contribution < 1.29 is 23.3 Å². The van der Waals surface area contributed by atoms with Gasteiger partial charge in [0.05, 0.1) is 21.8 Å². The van der Waals surface area contributed by atoms with E-state index in [9.17, 15) is 18.9 Å². The number of aliphatic carboxylic acids is 1. The lowest BCUT2D eigenvalue weighted by Gasteiger charge is -2.17. The molecule has 1 saturated heterocycles. The number of benzene rings is 1. The van der Waals surface area contributed by atoms with Gasteiger partial charge in [-0.05, 0) is 29.7 Å². The van der Waals surface area contributed by atoms with Gasteiger partial charge < -0.3 is 10.4 Å². The Labute approximate surface area is 143 Å². The Morgan fingerprint density at radius 2 is 2.12 bits per heavy atom. The van der Waals surface area contributed by atoms with Gasteiger partial charge in [0.1, 0.15) is 5.82 Å². The Balaban J connectivity index is 2.20. The second kappa shape index (κ2) is 7.74. The minimum absolute atomic E-state index is 0.0206. The van der Waals surface area contributed by atoms with Crippen molar-refractivity contribution in [1.29, 1.82) is 0 Å². The first kappa shape index (κ1) is 18.4. The van der Waals surface area contributed by atoms with Crippen LogP contribution in [-0.2, 0) is 4.79 Å². The predicted molar refractivity (Wildman–Crippen MR) is 88.4 cm³/mol. The van der Waals surface area contributed by atoms with Crippen LogP contribution in [0.4, 0.5) is 4.39 Å². The van der Waals surface area contributed by atoms with Crippen LogP contribution >= 0.6 is 11.9 Å². The average molecular weight is 355 g/mol. The molecule has 2 rings (SSSR count). The summed E-state index contributed by atoms with van der Waals surface area (Å²) in [6, 6.07) is 4.05. The van der Waals surface area contributed by atoms with Gasteiger partial charge in [-0.2, -0.15) is 0 Å². The summed E-state index contributed by atoms with van der Waals surface area (Å²) in [4.78, 5) is 34.3. The molecule has 1 aromatic carbocycles. The molecule has 0 saturated carbocycles. The molecule has 8 heteroatoms. The quantitative estimate of drug-likeness (QED) is 0.605. The third-order valence-electron chi connectivity index (χ3n) is 3.87. The molecule has 1 aromatic rings. The van der Waals surface area contributed by atoms with E-state index in [2.05, 4.69) is 5.32 Å². The summed E-state index contributed by atoms with van der Waals surface area (Å²) in [7, 11) is 0. The maximum absolute atomic E-state index is 13.9. The zero-order chi connectivity index (χ0) is 17.9. The van der Waals surface area contributed by atoms with Crippen molar-refractivity contribution in [3.05, 3.63) is 40.1 Å². The largest absolute Gasteiger partial charge is 0.481 e. The van der Waals surface area contributed by atoms with Crippen LogP contribution in [-0.4, -0.2) is 39.5 Å². The molecule has 1 aliphatic heterocycles. The monoisotopic (exact) mass is 355 g/mol. The lowest BCUT2D eigenvalue weighted by Crippen LogP contribution is -2.26. The number of halogens is 1. The van der Waals surface area contributed by atoms with Crippen molar-refractivity contribution >= 4 is 23.8 Å². The van der Waals surface area contributed by atoms with E-state index in [0.29, 0.717) is 5.56 Å². The molecule has 1 heterocycles. The summed E-state index contributed by atoms with van der Waals surface area (Å²) < 4.78 is 14.8. The van der Waals surface area contributed by atoms with Gasteiger partial charge in [0, 0.05) is 17.0 Å². The molecule has 0 spiro atoms. The molecule has 1 fully saturated rings. The lowest BCUT2D eigenvalue weighted by atomic mass is 9.89. The van der Waals surface area contributed by atoms with Gasteiger partial charge in [-0.3, -0.25) is 9.59 Å². The molecular formula is C16H20FN2O4S+. The SMILES string of the molecule is CC(C)C1S[N+](=O)CC1c1cc(F)cc(C(=O)NCCC(=O)O)c1. The van der Waals surface area contributed by atoms with E-state index in [1.807, 2.05) is 13.8 Å². The van der Waals surface area contributed by atoms with Gasteiger partial charge in [0.2, 0.25) is 18.5 Å². The van der Waals surface area contributed by atoms with Gasteiger partial charge in [0.15, 0.2) is 0 Å². The van der Waals surface area contributed by atoms with E-state index >= 15 is 0 Å². The number of carboxylic acid groups (broad SMARTS) is 1. The van der Waals surface area contributed by atoms with Gasteiger partial charge in [0.25, 0.3) is 5.91 Å². The van der Waals surface area contributed by atoms with Crippen molar-refractivity contribution in [1.82, 2.24) is 5.32 Å². The van der Waals surface area contributed by atoms with Gasteiger partial charge >= 0.3 is 5.97 Å². The molecule has 2 unspecified atom stereocenters. The number of hydrogen-bond donors (Lipinski definition) is 2. The first-order valence-corrected chi connectivity index (χ1v) is 8.53. The summed E-state index contributed by atoms with van der Waals surface area (Å²) in [5.41, 5.74) is 0.746. The van der Waals surface area contributed by atoms with Crippen molar-refractivity contribution in [3.8, 4) is 0 Å². The molecule has 0 aromatic heterocycles. The fourth-order valence-corrected chi connectivity index (χ4v) is 3.89. The van der Waals surface area contributed by atoms with Crippen LogP contribution in [0.25, 0.3) is 0 Å². The fraction of sp³-hybridized carbons (Fsp3) is 0.500. The van der Waals surface area contributed by atoms with E-state index in [1.165, 1.54) is 18.0 Å². The Bertz CT molecular complexity index is 665. The first-order valence-electron chi connectivity index (χ1n) is 7.70. The van der Waals surface area contributed by atoms with E-state index in [1.54, 1.807) is 6.07 Å². The highest BCUT2D eigenvalue weighted by Gasteiger charge is 2.44. The summed E-state index contributed by atoms with van der Waals surface area (Å²) >= 11 is 1.20. The number of carbonyl (C=O) groups is 2. The Kier molecular flexibility index (Phi) is 5.93. The smallest absolute Gasteiger partial charge is 0.305 e. The zero-order valence-electron chi connectivity index (χ0n) is 13.5. The summed E-state index contributed by atoms with van der Waals surface area (Å²) in [6.45, 7) is 4.23. The third kappa shape index (κ3) is 4.53. The molecule has 6 nitrogen and oxygen atoms in total. The van der Waals surface area contributed by atoms with E-state index in [0.717, 1.165) is 10.2 Å². The Morgan fingerprint density at radius 1 is 1.42 bits per heavy atom. The lowest BCUT2D eigenvalue weighted by molar-refractivity contribution is -0.364. The number of carbonyl (C=O) groups excluding carboxylic acids is 1. The number of nitroso groups, excluding NO2 is 1. The minimum atomic E-state index is -1.02. The van der Waals surface area contributed by atoms with Gasteiger partial charge in [-0.1, -0.05) is 13.8 Å². The van der Waals surface area contributed by atoms with Crippen LogP contribution < -0.4 is 5.32 Å². The molecule has 1 amide bonds. The normalized spacial score (nSPS) is 20.4. The summed E-state index contributed by atoms with van der Waals surface area (Å²) in [5.74, 6) is -2.02. The molecular weight excluding hydrogens is 335 g/mol. The highest BCUT2D eigenvalue weighted by molar-refractivity contribution is 7.94. The topological polar surface area (TPSA) is 86.5 Å². The molecule has 2 N–H and O–H groups in total. The molecule has 24 heavy (non-hydrogen) atoms. The molecule has 130 valence electrons. The van der Waals surface area contributed by atoms with Crippen molar-refractivity contribution in [2.75, 3.05) is 13.1 Å². The molecule has 2 atom stereocenters. The second-order valence-corrected chi connectivity index (χ2v) is 7.27.